The van der Waals surface area contributed by atoms with E-state index in [1.807, 2.05) is 46.4 Å². The Balaban J connectivity index is 1.79. The Morgan fingerprint density at radius 3 is 2.62 bits per heavy atom. The largest absolute Gasteiger partial charge is 0.444 e. The Morgan fingerprint density at radius 1 is 1.21 bits per heavy atom. The molecule has 0 bridgehead atoms. The normalized spacial score (nSPS) is 17.4. The van der Waals surface area contributed by atoms with Crippen LogP contribution in [0.4, 0.5) is 4.79 Å². The van der Waals surface area contributed by atoms with Crippen LogP contribution < -0.4 is 5.32 Å². The van der Waals surface area contributed by atoms with E-state index < -0.39 is 11.7 Å². The number of hydrogen-bond acceptors (Lipinski definition) is 6. The van der Waals surface area contributed by atoms with Gasteiger partial charge in [0, 0.05) is 30.2 Å². The van der Waals surface area contributed by atoms with E-state index in [0.717, 1.165) is 40.7 Å². The first kappa shape index (κ1) is 21.5. The molecule has 0 spiro atoms. The van der Waals surface area contributed by atoms with Gasteiger partial charge in [0.05, 0.1) is 4.88 Å². The van der Waals surface area contributed by atoms with Gasteiger partial charge >= 0.3 is 6.09 Å². The summed E-state index contributed by atoms with van der Waals surface area (Å²) >= 11 is 1.43. The van der Waals surface area contributed by atoms with Crippen LogP contribution in [0.15, 0.2) is 0 Å². The molecule has 1 atom stereocenters. The molecule has 2 aromatic heterocycles. The lowest BCUT2D eigenvalue weighted by Crippen LogP contribution is -2.49. The minimum Gasteiger partial charge on any atom is -0.444 e. The number of nitrogens with one attached hydrogen (secondary N) is 1. The molecule has 0 radical (unpaired) electrons. The molecule has 29 heavy (non-hydrogen) atoms. The first-order valence-electron chi connectivity index (χ1n) is 10.1. The Bertz CT molecular complexity index is 932. The van der Waals surface area contributed by atoms with Crippen molar-refractivity contribution < 1.29 is 14.3 Å². The molecular weight excluding hydrogens is 388 g/mol. The van der Waals surface area contributed by atoms with E-state index in [2.05, 4.69) is 15.3 Å². The number of aromatic nitrogens is 2. The topological polar surface area (TPSA) is 84.4 Å². The highest BCUT2D eigenvalue weighted by Crippen LogP contribution is 2.33. The molecule has 0 saturated carbocycles. The molecule has 158 valence electrons. The van der Waals surface area contributed by atoms with Crippen LogP contribution in [0.25, 0.3) is 10.2 Å². The number of nitrogens with zero attached hydrogens (tertiary/aromatic N) is 3. The molecule has 2 aromatic rings. The molecule has 1 unspecified atom stereocenters. The van der Waals surface area contributed by atoms with Gasteiger partial charge in [0.15, 0.2) is 0 Å². The number of piperidine rings is 1. The molecule has 3 rings (SSSR count). The predicted octanol–water partition coefficient (Wildman–Crippen LogP) is 4.14. The molecule has 1 saturated heterocycles. The number of alkyl carbamates (subject to hydrolysis) is 1. The van der Waals surface area contributed by atoms with Gasteiger partial charge in [0.25, 0.3) is 5.91 Å². The Morgan fingerprint density at radius 2 is 1.93 bits per heavy atom. The first-order valence-corrected chi connectivity index (χ1v) is 10.9. The fourth-order valence-electron chi connectivity index (χ4n) is 3.80. The number of hydrogen-bond donors (Lipinski definition) is 1. The summed E-state index contributed by atoms with van der Waals surface area (Å²) < 4.78 is 5.33. The van der Waals surface area contributed by atoms with Crippen molar-refractivity contribution in [2.24, 2.45) is 0 Å². The second kappa shape index (κ2) is 8.26. The summed E-state index contributed by atoms with van der Waals surface area (Å²) in [5, 5.41) is 3.81. The fourth-order valence-corrected chi connectivity index (χ4v) is 5.04. The van der Waals surface area contributed by atoms with Crippen LogP contribution in [0.2, 0.25) is 0 Å². The van der Waals surface area contributed by atoms with Gasteiger partial charge in [0.2, 0.25) is 0 Å². The van der Waals surface area contributed by atoms with Crippen molar-refractivity contribution in [3.05, 3.63) is 22.0 Å². The van der Waals surface area contributed by atoms with E-state index in [0.29, 0.717) is 23.8 Å². The summed E-state index contributed by atoms with van der Waals surface area (Å²) in [5.74, 6) is 0.728. The maximum Gasteiger partial charge on any atom is 0.407 e. The number of carbonyl (C=O) groups is 2. The van der Waals surface area contributed by atoms with Crippen LogP contribution in [0.3, 0.4) is 0 Å². The van der Waals surface area contributed by atoms with Crippen molar-refractivity contribution >= 4 is 33.6 Å². The van der Waals surface area contributed by atoms with Gasteiger partial charge in [-0.2, -0.15) is 0 Å². The number of likely N-dealkylation sites (tertiary alicyclic amines) is 1. The Labute approximate surface area is 175 Å². The summed E-state index contributed by atoms with van der Waals surface area (Å²) in [6, 6.07) is -0.0395. The minimum atomic E-state index is -0.544. The first-order chi connectivity index (χ1) is 13.6. The van der Waals surface area contributed by atoms with E-state index in [1.165, 1.54) is 11.3 Å². The zero-order valence-electron chi connectivity index (χ0n) is 18.1. The van der Waals surface area contributed by atoms with Crippen molar-refractivity contribution in [2.45, 2.75) is 72.4 Å². The molecule has 3 heterocycles. The van der Waals surface area contributed by atoms with Crippen molar-refractivity contribution in [2.75, 3.05) is 13.1 Å². The maximum absolute atomic E-state index is 13.4. The lowest BCUT2D eigenvalue weighted by atomic mass is 10.0. The zero-order chi connectivity index (χ0) is 21.3. The van der Waals surface area contributed by atoms with Crippen molar-refractivity contribution in [1.29, 1.82) is 0 Å². The van der Waals surface area contributed by atoms with Crippen LogP contribution in [-0.2, 0) is 4.74 Å². The van der Waals surface area contributed by atoms with E-state index >= 15 is 0 Å². The Kier molecular flexibility index (Phi) is 6.12. The molecule has 1 aliphatic rings. The van der Waals surface area contributed by atoms with E-state index in [4.69, 9.17) is 4.74 Å². The van der Waals surface area contributed by atoms with Crippen molar-refractivity contribution in [1.82, 2.24) is 20.2 Å². The van der Waals surface area contributed by atoms with Crippen LogP contribution in [-0.4, -0.2) is 51.6 Å². The molecule has 7 nitrogen and oxygen atoms in total. The highest BCUT2D eigenvalue weighted by atomic mass is 32.1. The maximum atomic E-state index is 13.4. The second-order valence-electron chi connectivity index (χ2n) is 8.62. The number of aryl methyl sites for hydroxylation is 3. The van der Waals surface area contributed by atoms with Gasteiger partial charge in [-0.25, -0.2) is 14.8 Å². The molecular formula is C21H30N4O3S. The average molecular weight is 419 g/mol. The van der Waals surface area contributed by atoms with E-state index in [1.54, 1.807) is 0 Å². The molecule has 1 fully saturated rings. The standard InChI is InChI=1S/C21H30N4O3S/c1-12-16-13(2)23-14(3)24-18(16)29-17(12)19(26)25-10-8-7-9-15(25)11-22-20(27)28-21(4,5)6/h15H,7-11H2,1-6H3,(H,22,27). The molecule has 1 N–H and O–H groups in total. The van der Waals surface area contributed by atoms with Crippen molar-refractivity contribution in [3.63, 3.8) is 0 Å². The molecule has 0 aliphatic carbocycles. The highest BCUT2D eigenvalue weighted by molar-refractivity contribution is 7.20. The van der Waals surface area contributed by atoms with Crippen LogP contribution in [0.1, 0.15) is 66.8 Å². The zero-order valence-corrected chi connectivity index (χ0v) is 18.9. The molecule has 1 aliphatic heterocycles. The number of ether oxygens (including phenoxy) is 1. The summed E-state index contributed by atoms with van der Waals surface area (Å²) in [6.07, 6.45) is 2.43. The third kappa shape index (κ3) is 4.86. The van der Waals surface area contributed by atoms with Gasteiger partial charge in [-0.1, -0.05) is 0 Å². The van der Waals surface area contributed by atoms with E-state index in [9.17, 15) is 9.59 Å². The quantitative estimate of drug-likeness (QED) is 0.810. The molecule has 0 aromatic carbocycles. The third-order valence-corrected chi connectivity index (χ3v) is 6.22. The number of amides is 2. The van der Waals surface area contributed by atoms with E-state index in [-0.39, 0.29) is 11.9 Å². The third-order valence-electron chi connectivity index (χ3n) is 5.05. The second-order valence-corrected chi connectivity index (χ2v) is 9.62. The van der Waals surface area contributed by atoms with Crippen LogP contribution in [0.5, 0.6) is 0 Å². The smallest absolute Gasteiger partial charge is 0.407 e. The summed E-state index contributed by atoms with van der Waals surface area (Å²) in [5.41, 5.74) is 1.30. The number of fused-ring (bicyclic) bond motifs is 1. The number of thiophene rings is 1. The van der Waals surface area contributed by atoms with Crippen LogP contribution in [0, 0.1) is 20.8 Å². The number of rotatable bonds is 3. The van der Waals surface area contributed by atoms with Crippen LogP contribution >= 0.6 is 11.3 Å². The van der Waals surface area contributed by atoms with Gasteiger partial charge in [-0.3, -0.25) is 4.79 Å². The molecule has 2 amide bonds. The van der Waals surface area contributed by atoms with Gasteiger partial charge < -0.3 is 15.0 Å². The lowest BCUT2D eigenvalue weighted by Gasteiger charge is -2.36. The minimum absolute atomic E-state index is 0.0123. The number of carbonyl (C=O) groups excluding carboxylic acids is 2. The molecule has 8 heteroatoms. The summed E-state index contributed by atoms with van der Waals surface area (Å²) in [7, 11) is 0. The van der Waals surface area contributed by atoms with Gasteiger partial charge in [-0.05, 0) is 66.4 Å². The highest BCUT2D eigenvalue weighted by Gasteiger charge is 2.31. The fraction of sp³-hybridized carbons (Fsp3) is 0.619. The van der Waals surface area contributed by atoms with Gasteiger partial charge in [0.1, 0.15) is 16.3 Å². The Hall–Kier alpha value is -2.22. The monoisotopic (exact) mass is 418 g/mol. The van der Waals surface area contributed by atoms with Gasteiger partial charge in [-0.15, -0.1) is 11.3 Å². The predicted molar refractivity (Wildman–Crippen MR) is 115 cm³/mol. The summed E-state index contributed by atoms with van der Waals surface area (Å²) in [6.45, 7) is 12.4. The average Bonchev–Trinajstić information content (AvgIpc) is 2.94. The lowest BCUT2D eigenvalue weighted by molar-refractivity contribution is 0.0463. The van der Waals surface area contributed by atoms with Crippen molar-refractivity contribution in [3.8, 4) is 0 Å². The summed E-state index contributed by atoms with van der Waals surface area (Å²) in [4.78, 5) is 37.9. The SMILES string of the molecule is Cc1nc(C)c2c(C)c(C(=O)N3CCCCC3CNC(=O)OC(C)(C)C)sc2n1.